The van der Waals surface area contributed by atoms with Crippen molar-refractivity contribution in [1.29, 1.82) is 0 Å². The van der Waals surface area contributed by atoms with Gasteiger partial charge in [0.05, 0.1) is 6.54 Å². The third-order valence-electron chi connectivity index (χ3n) is 1.61. The summed E-state index contributed by atoms with van der Waals surface area (Å²) in [6.07, 6.45) is 4.86. The Morgan fingerprint density at radius 3 is 2.86 bits per heavy atom. The Bertz CT molecular complexity index is 197. The first-order valence-electron chi connectivity index (χ1n) is 4.33. The number of amides is 1. The predicted molar refractivity (Wildman–Crippen MR) is 59.2 cm³/mol. The van der Waals surface area contributed by atoms with Crippen LogP contribution in [0.2, 0.25) is 0 Å². The van der Waals surface area contributed by atoms with Crippen molar-refractivity contribution in [3.05, 3.63) is 12.8 Å². The van der Waals surface area contributed by atoms with Crippen molar-refractivity contribution in [2.75, 3.05) is 18.6 Å². The van der Waals surface area contributed by atoms with E-state index in [9.17, 15) is 9.59 Å². The Hall–Kier alpha value is -0.970. The number of carbonyl (C=O) groups is 2. The molecule has 0 heterocycles. The van der Waals surface area contributed by atoms with Crippen LogP contribution in [0.1, 0.15) is 6.42 Å². The highest BCUT2D eigenvalue weighted by molar-refractivity contribution is 7.98. The Morgan fingerprint density at radius 1 is 1.64 bits per heavy atom. The van der Waals surface area contributed by atoms with E-state index in [1.165, 1.54) is 6.20 Å². The van der Waals surface area contributed by atoms with Gasteiger partial charge >= 0.3 is 0 Å². The van der Waals surface area contributed by atoms with Crippen molar-refractivity contribution in [3.63, 3.8) is 0 Å². The Kier molecular flexibility index (Phi) is 8.02. The van der Waals surface area contributed by atoms with Crippen molar-refractivity contribution in [3.8, 4) is 0 Å². The van der Waals surface area contributed by atoms with Crippen LogP contribution in [-0.4, -0.2) is 36.8 Å². The molecule has 0 radical (unpaired) electrons. The maximum absolute atomic E-state index is 11.4. The van der Waals surface area contributed by atoms with Gasteiger partial charge in [-0.2, -0.15) is 11.8 Å². The predicted octanol–water partition coefficient (Wildman–Crippen LogP) is 0.156. The number of hydrogen-bond donors (Lipinski definition) is 2. The van der Waals surface area contributed by atoms with E-state index < -0.39 is 0 Å². The fourth-order valence-corrected chi connectivity index (χ4v) is 1.40. The summed E-state index contributed by atoms with van der Waals surface area (Å²) in [6, 6.07) is -0.292. The quantitative estimate of drug-likeness (QED) is 0.567. The molecule has 14 heavy (non-hydrogen) atoms. The van der Waals surface area contributed by atoms with E-state index in [-0.39, 0.29) is 18.5 Å². The zero-order valence-corrected chi connectivity index (χ0v) is 9.10. The molecule has 0 aromatic heterocycles. The van der Waals surface area contributed by atoms with Gasteiger partial charge in [0, 0.05) is 0 Å². The lowest BCUT2D eigenvalue weighted by Crippen LogP contribution is -2.43. The Morgan fingerprint density at radius 2 is 2.36 bits per heavy atom. The summed E-state index contributed by atoms with van der Waals surface area (Å²) in [6.45, 7) is 3.57. The molecule has 0 saturated carbocycles. The van der Waals surface area contributed by atoms with Crippen LogP contribution in [0.5, 0.6) is 0 Å². The number of nitrogens with one attached hydrogen (secondary N) is 2. The molecule has 0 aliphatic carbocycles. The van der Waals surface area contributed by atoms with Crippen LogP contribution in [0, 0.1) is 0 Å². The minimum atomic E-state index is -0.292. The van der Waals surface area contributed by atoms with Crippen LogP contribution in [0.15, 0.2) is 12.8 Å². The first-order chi connectivity index (χ1) is 6.76. The third kappa shape index (κ3) is 5.64. The summed E-state index contributed by atoms with van der Waals surface area (Å²) in [5, 5.41) is 5.35. The molecule has 1 amide bonds. The summed E-state index contributed by atoms with van der Waals surface area (Å²) in [5.41, 5.74) is 0. The van der Waals surface area contributed by atoms with E-state index >= 15 is 0 Å². The highest BCUT2D eigenvalue weighted by Crippen LogP contribution is 2.00. The fourth-order valence-electron chi connectivity index (χ4n) is 0.934. The molecule has 0 rings (SSSR count). The molecular formula is C9H16N2O2S. The summed E-state index contributed by atoms with van der Waals surface area (Å²) < 4.78 is 0. The van der Waals surface area contributed by atoms with Gasteiger partial charge in [0.25, 0.3) is 0 Å². The molecule has 0 bridgehead atoms. The standard InChI is InChI=1S/C9H16N2O2S/c1-3-10-8(4-7-14-2)9(13)11-5-6-12/h3,6,8,10H,1,4-5,7H2,2H3,(H,11,13). The molecule has 2 N–H and O–H groups in total. The van der Waals surface area contributed by atoms with Crippen molar-refractivity contribution >= 4 is 24.0 Å². The minimum absolute atomic E-state index is 0.0629. The normalized spacial score (nSPS) is 11.5. The zero-order chi connectivity index (χ0) is 10.8. The van der Waals surface area contributed by atoms with Crippen molar-refractivity contribution in [1.82, 2.24) is 10.6 Å². The molecule has 1 atom stereocenters. The minimum Gasteiger partial charge on any atom is -0.380 e. The molecule has 0 saturated heterocycles. The van der Waals surface area contributed by atoms with Crippen LogP contribution < -0.4 is 10.6 Å². The summed E-state index contributed by atoms with van der Waals surface area (Å²) in [5.74, 6) is 0.728. The van der Waals surface area contributed by atoms with Gasteiger partial charge < -0.3 is 15.4 Å². The van der Waals surface area contributed by atoms with Gasteiger partial charge in [-0.3, -0.25) is 4.79 Å². The second-order valence-corrected chi connectivity index (χ2v) is 3.60. The molecule has 80 valence electrons. The number of carbonyl (C=O) groups excluding carboxylic acids is 2. The van der Waals surface area contributed by atoms with Crippen LogP contribution in [0.3, 0.4) is 0 Å². The van der Waals surface area contributed by atoms with Gasteiger partial charge in [-0.15, -0.1) is 0 Å². The molecule has 0 aliphatic heterocycles. The van der Waals surface area contributed by atoms with E-state index in [1.54, 1.807) is 11.8 Å². The first-order valence-corrected chi connectivity index (χ1v) is 5.72. The Balaban J connectivity index is 3.95. The highest BCUT2D eigenvalue weighted by atomic mass is 32.2. The van der Waals surface area contributed by atoms with E-state index in [4.69, 9.17) is 0 Å². The van der Waals surface area contributed by atoms with Crippen LogP contribution >= 0.6 is 11.8 Å². The van der Waals surface area contributed by atoms with Crippen LogP contribution in [-0.2, 0) is 9.59 Å². The van der Waals surface area contributed by atoms with Crippen molar-refractivity contribution in [2.24, 2.45) is 0 Å². The lowest BCUT2D eigenvalue weighted by atomic mass is 10.2. The monoisotopic (exact) mass is 216 g/mol. The van der Waals surface area contributed by atoms with E-state index in [1.807, 2.05) is 6.26 Å². The van der Waals surface area contributed by atoms with Crippen LogP contribution in [0.4, 0.5) is 0 Å². The maximum Gasteiger partial charge on any atom is 0.242 e. The molecule has 5 heteroatoms. The molecule has 0 spiro atoms. The van der Waals surface area contributed by atoms with Crippen molar-refractivity contribution in [2.45, 2.75) is 12.5 Å². The molecule has 4 nitrogen and oxygen atoms in total. The largest absolute Gasteiger partial charge is 0.380 e. The molecule has 0 aliphatic rings. The van der Waals surface area contributed by atoms with E-state index in [0.717, 1.165) is 12.2 Å². The second-order valence-electron chi connectivity index (χ2n) is 2.62. The fraction of sp³-hybridized carbons (Fsp3) is 0.556. The average Bonchev–Trinajstić information content (AvgIpc) is 2.20. The summed E-state index contributed by atoms with van der Waals surface area (Å²) in [4.78, 5) is 21.5. The lowest BCUT2D eigenvalue weighted by molar-refractivity contribution is -0.124. The third-order valence-corrected chi connectivity index (χ3v) is 2.25. The number of thioether (sulfide) groups is 1. The molecular weight excluding hydrogens is 200 g/mol. The maximum atomic E-state index is 11.4. The smallest absolute Gasteiger partial charge is 0.242 e. The summed E-state index contributed by atoms with van der Waals surface area (Å²) >= 11 is 1.67. The molecule has 0 aromatic carbocycles. The van der Waals surface area contributed by atoms with E-state index in [2.05, 4.69) is 17.2 Å². The molecule has 0 fully saturated rings. The molecule has 0 aromatic rings. The van der Waals surface area contributed by atoms with Gasteiger partial charge in [-0.1, -0.05) is 6.58 Å². The van der Waals surface area contributed by atoms with Gasteiger partial charge in [-0.05, 0) is 24.6 Å². The second kappa shape index (κ2) is 8.62. The number of aldehydes is 1. The van der Waals surface area contributed by atoms with Crippen LogP contribution in [0.25, 0.3) is 0 Å². The zero-order valence-electron chi connectivity index (χ0n) is 8.29. The van der Waals surface area contributed by atoms with E-state index in [0.29, 0.717) is 6.29 Å². The summed E-state index contributed by atoms with van der Waals surface area (Å²) in [7, 11) is 0. The Labute approximate surface area is 88.5 Å². The van der Waals surface area contributed by atoms with Gasteiger partial charge in [0.15, 0.2) is 0 Å². The lowest BCUT2D eigenvalue weighted by Gasteiger charge is -2.15. The SMILES string of the molecule is C=CNC(CCSC)C(=O)NCC=O. The topological polar surface area (TPSA) is 58.2 Å². The van der Waals surface area contributed by atoms with Gasteiger partial charge in [0.2, 0.25) is 5.91 Å². The molecule has 1 unspecified atom stereocenters. The number of hydrogen-bond acceptors (Lipinski definition) is 4. The average molecular weight is 216 g/mol. The van der Waals surface area contributed by atoms with Gasteiger partial charge in [0.1, 0.15) is 12.3 Å². The van der Waals surface area contributed by atoms with Gasteiger partial charge in [-0.25, -0.2) is 0 Å². The highest BCUT2D eigenvalue weighted by Gasteiger charge is 2.14. The first kappa shape index (κ1) is 13.0. The number of rotatable bonds is 8. The van der Waals surface area contributed by atoms with Crippen molar-refractivity contribution < 1.29 is 9.59 Å².